The van der Waals surface area contributed by atoms with Gasteiger partial charge in [-0.05, 0) is 38.0 Å². The summed E-state index contributed by atoms with van der Waals surface area (Å²) in [6.07, 6.45) is 3.53. The van der Waals surface area contributed by atoms with Crippen LogP contribution < -0.4 is 0 Å². The van der Waals surface area contributed by atoms with E-state index in [2.05, 4.69) is 20.8 Å². The lowest BCUT2D eigenvalue weighted by Gasteiger charge is -2.28. The zero-order chi connectivity index (χ0) is 13.1. The van der Waals surface area contributed by atoms with Crippen LogP contribution in [0.15, 0.2) is 0 Å². The minimum atomic E-state index is -0.830. The van der Waals surface area contributed by atoms with Crippen molar-refractivity contribution in [2.45, 2.75) is 59.8 Å². The molecule has 1 saturated carbocycles. The van der Waals surface area contributed by atoms with Crippen molar-refractivity contribution >= 4 is 11.8 Å². The maximum Gasteiger partial charge on any atom is 0.319 e. The highest BCUT2D eigenvalue weighted by molar-refractivity contribution is 6.05. The van der Waals surface area contributed by atoms with Gasteiger partial charge in [0.1, 0.15) is 11.2 Å². The van der Waals surface area contributed by atoms with Crippen molar-refractivity contribution in [3.8, 4) is 0 Å². The summed E-state index contributed by atoms with van der Waals surface area (Å²) in [5.74, 6) is -0.216. The summed E-state index contributed by atoms with van der Waals surface area (Å²) < 4.78 is 5.11. The van der Waals surface area contributed by atoms with E-state index in [1.54, 1.807) is 6.92 Å². The summed E-state index contributed by atoms with van der Waals surface area (Å²) in [5.41, 5.74) is -0.689. The first-order valence-electron chi connectivity index (χ1n) is 6.52. The van der Waals surface area contributed by atoms with Gasteiger partial charge in [0.2, 0.25) is 0 Å². The molecule has 0 aromatic carbocycles. The summed E-state index contributed by atoms with van der Waals surface area (Å²) in [6, 6.07) is 0. The molecule has 3 heteroatoms. The third kappa shape index (κ3) is 3.30. The molecule has 0 amide bonds. The Morgan fingerprint density at radius 3 is 2.47 bits per heavy atom. The quantitative estimate of drug-likeness (QED) is 0.560. The molecule has 0 spiro atoms. The number of Topliss-reactive ketones (excluding diaryl/α,β-unsaturated/α-hetero) is 1. The number of ketones is 1. The van der Waals surface area contributed by atoms with Crippen LogP contribution in [0.5, 0.6) is 0 Å². The second kappa shape index (κ2) is 5.19. The van der Waals surface area contributed by atoms with Gasteiger partial charge in [0.05, 0.1) is 6.61 Å². The molecule has 0 bridgehead atoms. The lowest BCUT2D eigenvalue weighted by atomic mass is 9.76. The fourth-order valence-corrected chi connectivity index (χ4v) is 2.37. The van der Waals surface area contributed by atoms with Crippen molar-refractivity contribution in [1.82, 2.24) is 0 Å². The molecule has 0 N–H and O–H groups in total. The van der Waals surface area contributed by atoms with Crippen molar-refractivity contribution in [3.63, 3.8) is 0 Å². The van der Waals surface area contributed by atoms with Gasteiger partial charge in [-0.2, -0.15) is 0 Å². The smallest absolute Gasteiger partial charge is 0.319 e. The number of hydrogen-bond acceptors (Lipinski definition) is 3. The van der Waals surface area contributed by atoms with E-state index in [0.717, 1.165) is 12.8 Å². The summed E-state index contributed by atoms with van der Waals surface area (Å²) >= 11 is 0. The molecule has 0 radical (unpaired) electrons. The number of esters is 1. The van der Waals surface area contributed by atoms with Crippen LogP contribution in [-0.2, 0) is 14.3 Å². The van der Waals surface area contributed by atoms with Crippen molar-refractivity contribution in [2.75, 3.05) is 6.61 Å². The van der Waals surface area contributed by atoms with Crippen molar-refractivity contribution in [3.05, 3.63) is 0 Å². The first-order valence-corrected chi connectivity index (χ1v) is 6.52. The monoisotopic (exact) mass is 240 g/mol. The van der Waals surface area contributed by atoms with Crippen LogP contribution >= 0.6 is 0 Å². The number of hydrogen-bond donors (Lipinski definition) is 0. The van der Waals surface area contributed by atoms with Gasteiger partial charge in [0.15, 0.2) is 0 Å². The molecule has 98 valence electrons. The topological polar surface area (TPSA) is 43.4 Å². The Kier molecular flexibility index (Phi) is 4.34. The summed E-state index contributed by atoms with van der Waals surface area (Å²) in [4.78, 5) is 24.1. The van der Waals surface area contributed by atoms with E-state index < -0.39 is 5.41 Å². The minimum Gasteiger partial charge on any atom is -0.465 e. The normalized spacial score (nSPS) is 25.1. The Bertz CT molecular complexity index is 301. The van der Waals surface area contributed by atoms with Gasteiger partial charge in [0, 0.05) is 6.42 Å². The van der Waals surface area contributed by atoms with Crippen LogP contribution in [0, 0.1) is 10.8 Å². The van der Waals surface area contributed by atoms with Crippen LogP contribution in [-0.4, -0.2) is 18.4 Å². The molecular weight excluding hydrogens is 216 g/mol. The van der Waals surface area contributed by atoms with Gasteiger partial charge < -0.3 is 4.74 Å². The Morgan fingerprint density at radius 1 is 1.41 bits per heavy atom. The molecule has 0 aromatic rings. The predicted molar refractivity (Wildman–Crippen MR) is 66.6 cm³/mol. The van der Waals surface area contributed by atoms with E-state index >= 15 is 0 Å². The Labute approximate surface area is 104 Å². The summed E-state index contributed by atoms with van der Waals surface area (Å²) in [7, 11) is 0. The fraction of sp³-hybridized carbons (Fsp3) is 0.857. The van der Waals surface area contributed by atoms with Crippen LogP contribution in [0.1, 0.15) is 59.8 Å². The minimum absolute atomic E-state index is 0.0835. The van der Waals surface area contributed by atoms with E-state index in [9.17, 15) is 9.59 Å². The van der Waals surface area contributed by atoms with Crippen LogP contribution in [0.4, 0.5) is 0 Å². The third-order valence-corrected chi connectivity index (χ3v) is 3.51. The third-order valence-electron chi connectivity index (χ3n) is 3.51. The van der Waals surface area contributed by atoms with Crippen molar-refractivity contribution in [1.29, 1.82) is 0 Å². The molecule has 17 heavy (non-hydrogen) atoms. The van der Waals surface area contributed by atoms with Crippen LogP contribution in [0.3, 0.4) is 0 Å². The molecule has 0 heterocycles. The van der Waals surface area contributed by atoms with Gasteiger partial charge in [-0.3, -0.25) is 9.59 Å². The van der Waals surface area contributed by atoms with Gasteiger partial charge >= 0.3 is 5.97 Å². The van der Waals surface area contributed by atoms with Crippen LogP contribution in [0.2, 0.25) is 0 Å². The molecule has 0 saturated heterocycles. The lowest BCUT2D eigenvalue weighted by molar-refractivity contribution is -0.159. The molecule has 1 atom stereocenters. The first kappa shape index (κ1) is 14.2. The van der Waals surface area contributed by atoms with Crippen molar-refractivity contribution in [2.24, 2.45) is 10.8 Å². The Hall–Kier alpha value is -0.860. The molecule has 0 aromatic heterocycles. The standard InChI is InChI=1S/C14H24O3/c1-5-17-12(16)14(8-6-7-11(14)15)10-9-13(2,3)4/h5-10H2,1-4H3. The molecule has 3 nitrogen and oxygen atoms in total. The molecule has 1 fully saturated rings. The average molecular weight is 240 g/mol. The first-order chi connectivity index (χ1) is 7.82. The van der Waals surface area contributed by atoms with Gasteiger partial charge in [-0.25, -0.2) is 0 Å². The van der Waals surface area contributed by atoms with E-state index in [0.29, 0.717) is 25.9 Å². The number of rotatable bonds is 4. The Morgan fingerprint density at radius 2 is 2.06 bits per heavy atom. The largest absolute Gasteiger partial charge is 0.465 e. The van der Waals surface area contributed by atoms with Crippen LogP contribution in [0.25, 0.3) is 0 Å². The zero-order valence-corrected chi connectivity index (χ0v) is 11.5. The molecule has 1 unspecified atom stereocenters. The Balaban J connectivity index is 2.80. The molecule has 1 aliphatic carbocycles. The molecular formula is C14H24O3. The van der Waals surface area contributed by atoms with E-state index in [1.165, 1.54) is 0 Å². The fourth-order valence-electron chi connectivity index (χ4n) is 2.37. The van der Waals surface area contributed by atoms with E-state index in [1.807, 2.05) is 0 Å². The predicted octanol–water partition coefficient (Wildman–Crippen LogP) is 3.12. The number of ether oxygens (including phenoxy) is 1. The zero-order valence-electron chi connectivity index (χ0n) is 11.5. The van der Waals surface area contributed by atoms with E-state index in [-0.39, 0.29) is 17.2 Å². The SMILES string of the molecule is CCOC(=O)C1(CCC(C)(C)C)CCCC1=O. The highest BCUT2D eigenvalue weighted by Gasteiger charge is 2.49. The number of carbonyl (C=O) groups excluding carboxylic acids is 2. The van der Waals surface area contributed by atoms with Gasteiger partial charge in [-0.15, -0.1) is 0 Å². The maximum absolute atomic E-state index is 12.1. The highest BCUT2D eigenvalue weighted by Crippen LogP contribution is 2.42. The summed E-state index contributed by atoms with van der Waals surface area (Å²) in [6.45, 7) is 8.53. The lowest BCUT2D eigenvalue weighted by Crippen LogP contribution is -2.37. The van der Waals surface area contributed by atoms with E-state index in [4.69, 9.17) is 4.74 Å². The van der Waals surface area contributed by atoms with Gasteiger partial charge in [-0.1, -0.05) is 20.8 Å². The molecule has 1 aliphatic rings. The molecule has 1 rings (SSSR count). The highest BCUT2D eigenvalue weighted by atomic mass is 16.5. The molecule has 0 aliphatic heterocycles. The van der Waals surface area contributed by atoms with Crippen molar-refractivity contribution < 1.29 is 14.3 Å². The number of carbonyl (C=O) groups is 2. The van der Waals surface area contributed by atoms with Gasteiger partial charge in [0.25, 0.3) is 0 Å². The maximum atomic E-state index is 12.1. The second-order valence-corrected chi connectivity index (χ2v) is 6.14. The summed E-state index contributed by atoms with van der Waals surface area (Å²) in [5, 5.41) is 0. The average Bonchev–Trinajstić information content (AvgIpc) is 2.57. The second-order valence-electron chi connectivity index (χ2n) is 6.14.